The van der Waals surface area contributed by atoms with Gasteiger partial charge >= 0.3 is 0 Å². The van der Waals surface area contributed by atoms with Crippen LogP contribution in [0.3, 0.4) is 0 Å². The fraction of sp³-hybridized carbons (Fsp3) is 0.571. The van der Waals surface area contributed by atoms with Crippen molar-refractivity contribution in [3.05, 3.63) is 33.3 Å². The molecule has 1 aromatic rings. The van der Waals surface area contributed by atoms with E-state index < -0.39 is 0 Å². The fourth-order valence-electron chi connectivity index (χ4n) is 2.63. The Balaban J connectivity index is 2.06. The highest BCUT2D eigenvalue weighted by Gasteiger charge is 2.24. The molecule has 0 radical (unpaired) electrons. The van der Waals surface area contributed by atoms with Crippen molar-refractivity contribution in [3.8, 4) is 0 Å². The normalized spacial score (nSPS) is 16.4. The third-order valence-electron chi connectivity index (χ3n) is 3.77. The van der Waals surface area contributed by atoms with Gasteiger partial charge in [-0.3, -0.25) is 10.1 Å². The van der Waals surface area contributed by atoms with Gasteiger partial charge in [-0.25, -0.2) is 0 Å². The van der Waals surface area contributed by atoms with Crippen molar-refractivity contribution >= 4 is 23.0 Å². The molecular weight excluding hydrogens is 278 g/mol. The molecule has 0 saturated carbocycles. The zero-order chi connectivity index (χ0) is 14.5. The molecule has 2 rings (SSSR count). The second-order valence-electron chi connectivity index (χ2n) is 5.13. The first kappa shape index (κ1) is 15.1. The van der Waals surface area contributed by atoms with Gasteiger partial charge in [0.15, 0.2) is 0 Å². The summed E-state index contributed by atoms with van der Waals surface area (Å²) < 4.78 is 0. The number of piperidine rings is 1. The van der Waals surface area contributed by atoms with Gasteiger partial charge in [0.1, 0.15) is 5.69 Å². The number of nitrogens with one attached hydrogen (secondary N) is 1. The maximum absolute atomic E-state index is 11.1. The van der Waals surface area contributed by atoms with E-state index in [4.69, 9.17) is 11.6 Å². The number of anilines is 1. The molecule has 0 unspecified atom stereocenters. The topological polar surface area (TPSA) is 58.4 Å². The molecule has 110 valence electrons. The highest BCUT2D eigenvalue weighted by molar-refractivity contribution is 6.31. The predicted molar refractivity (Wildman–Crippen MR) is 81.6 cm³/mol. The lowest BCUT2D eigenvalue weighted by atomic mass is 9.96. The van der Waals surface area contributed by atoms with Crippen molar-refractivity contribution in [2.75, 3.05) is 31.1 Å². The lowest BCUT2D eigenvalue weighted by molar-refractivity contribution is -0.384. The number of halogens is 1. The van der Waals surface area contributed by atoms with Gasteiger partial charge in [-0.2, -0.15) is 0 Å². The summed E-state index contributed by atoms with van der Waals surface area (Å²) >= 11 is 5.98. The number of nitro groups is 1. The Labute approximate surface area is 124 Å². The van der Waals surface area contributed by atoms with E-state index in [2.05, 4.69) is 17.1 Å². The summed E-state index contributed by atoms with van der Waals surface area (Å²) in [6, 6.07) is 4.76. The summed E-state index contributed by atoms with van der Waals surface area (Å²) in [6.07, 6.45) is 2.10. The molecule has 1 fully saturated rings. The van der Waals surface area contributed by atoms with E-state index in [9.17, 15) is 10.1 Å². The average Bonchev–Trinajstić information content (AvgIpc) is 2.45. The van der Waals surface area contributed by atoms with Crippen molar-refractivity contribution < 1.29 is 4.92 Å². The Kier molecular flexibility index (Phi) is 5.20. The Bertz CT molecular complexity index is 473. The zero-order valence-electron chi connectivity index (χ0n) is 11.6. The standard InChI is InChI=1S/C14H20ClN3O2/c1-2-16-10-11-5-7-17(8-6-11)14-9-12(15)3-4-13(14)18(19)20/h3-4,9,11,16H,2,5-8,10H2,1H3. The first-order valence-electron chi connectivity index (χ1n) is 7.01. The maximum Gasteiger partial charge on any atom is 0.292 e. The predicted octanol–water partition coefficient (Wildman–Crippen LogP) is 3.07. The molecular formula is C14H20ClN3O2. The number of nitro benzene ring substituents is 1. The Morgan fingerprint density at radius 3 is 2.75 bits per heavy atom. The van der Waals surface area contributed by atoms with Crippen LogP contribution in [0.4, 0.5) is 11.4 Å². The largest absolute Gasteiger partial charge is 0.366 e. The van der Waals surface area contributed by atoms with Crippen LogP contribution in [0, 0.1) is 16.0 Å². The molecule has 1 aliphatic rings. The lowest BCUT2D eigenvalue weighted by Crippen LogP contribution is -2.37. The zero-order valence-corrected chi connectivity index (χ0v) is 12.4. The van der Waals surface area contributed by atoms with Crippen LogP contribution in [0.1, 0.15) is 19.8 Å². The molecule has 1 N–H and O–H groups in total. The summed E-state index contributed by atoms with van der Waals surface area (Å²) in [7, 11) is 0. The van der Waals surface area contributed by atoms with Crippen molar-refractivity contribution in [2.45, 2.75) is 19.8 Å². The van der Waals surface area contributed by atoms with Gasteiger partial charge in [0, 0.05) is 24.2 Å². The van der Waals surface area contributed by atoms with E-state index in [1.165, 1.54) is 6.07 Å². The van der Waals surface area contributed by atoms with E-state index in [0.717, 1.165) is 39.0 Å². The molecule has 0 aliphatic carbocycles. The SMILES string of the molecule is CCNCC1CCN(c2cc(Cl)ccc2[N+](=O)[O-])CC1. The van der Waals surface area contributed by atoms with Crippen LogP contribution in [0.25, 0.3) is 0 Å². The minimum absolute atomic E-state index is 0.138. The highest BCUT2D eigenvalue weighted by atomic mass is 35.5. The van der Waals surface area contributed by atoms with Gasteiger partial charge < -0.3 is 10.2 Å². The third kappa shape index (κ3) is 3.61. The maximum atomic E-state index is 11.1. The van der Waals surface area contributed by atoms with Crippen LogP contribution in [-0.4, -0.2) is 31.1 Å². The second kappa shape index (κ2) is 6.90. The number of nitrogens with zero attached hydrogens (tertiary/aromatic N) is 2. The number of rotatable bonds is 5. The van der Waals surface area contributed by atoms with Gasteiger partial charge in [-0.05, 0) is 44.0 Å². The van der Waals surface area contributed by atoms with Gasteiger partial charge in [0.05, 0.1) is 4.92 Å². The Hall–Kier alpha value is -1.33. The lowest BCUT2D eigenvalue weighted by Gasteiger charge is -2.33. The fourth-order valence-corrected chi connectivity index (χ4v) is 2.80. The first-order valence-corrected chi connectivity index (χ1v) is 7.39. The van der Waals surface area contributed by atoms with Gasteiger partial charge in [0.2, 0.25) is 0 Å². The monoisotopic (exact) mass is 297 g/mol. The van der Waals surface area contributed by atoms with Crippen molar-refractivity contribution in [2.24, 2.45) is 5.92 Å². The molecule has 5 nitrogen and oxygen atoms in total. The average molecular weight is 298 g/mol. The molecule has 1 heterocycles. The minimum atomic E-state index is -0.337. The molecule has 1 aromatic carbocycles. The van der Waals surface area contributed by atoms with E-state index >= 15 is 0 Å². The minimum Gasteiger partial charge on any atom is -0.366 e. The number of benzene rings is 1. The Morgan fingerprint density at radius 2 is 2.15 bits per heavy atom. The van der Waals surface area contributed by atoms with E-state index in [1.54, 1.807) is 12.1 Å². The molecule has 20 heavy (non-hydrogen) atoms. The molecule has 0 spiro atoms. The van der Waals surface area contributed by atoms with Crippen LogP contribution < -0.4 is 10.2 Å². The third-order valence-corrected chi connectivity index (χ3v) is 4.01. The van der Waals surface area contributed by atoms with E-state index in [-0.39, 0.29) is 10.6 Å². The molecule has 0 bridgehead atoms. The first-order chi connectivity index (χ1) is 9.61. The number of hydrogen-bond donors (Lipinski definition) is 1. The summed E-state index contributed by atoms with van der Waals surface area (Å²) in [5.41, 5.74) is 0.781. The van der Waals surface area contributed by atoms with Crippen LogP contribution in [-0.2, 0) is 0 Å². The smallest absolute Gasteiger partial charge is 0.292 e. The van der Waals surface area contributed by atoms with Crippen LogP contribution >= 0.6 is 11.6 Å². The highest BCUT2D eigenvalue weighted by Crippen LogP contribution is 2.33. The molecule has 1 saturated heterocycles. The van der Waals surface area contributed by atoms with E-state index in [0.29, 0.717) is 16.6 Å². The summed E-state index contributed by atoms with van der Waals surface area (Å²) in [4.78, 5) is 12.8. The molecule has 6 heteroatoms. The molecule has 0 aromatic heterocycles. The summed E-state index contributed by atoms with van der Waals surface area (Å²) in [5, 5.41) is 15.0. The van der Waals surface area contributed by atoms with Crippen molar-refractivity contribution in [3.63, 3.8) is 0 Å². The van der Waals surface area contributed by atoms with Gasteiger partial charge in [0.25, 0.3) is 5.69 Å². The van der Waals surface area contributed by atoms with Crippen LogP contribution in [0.2, 0.25) is 5.02 Å². The van der Waals surface area contributed by atoms with Crippen LogP contribution in [0.5, 0.6) is 0 Å². The molecule has 1 aliphatic heterocycles. The van der Waals surface area contributed by atoms with E-state index in [1.807, 2.05) is 0 Å². The van der Waals surface area contributed by atoms with Crippen molar-refractivity contribution in [1.82, 2.24) is 5.32 Å². The van der Waals surface area contributed by atoms with Gasteiger partial charge in [-0.15, -0.1) is 0 Å². The summed E-state index contributed by atoms with van der Waals surface area (Å²) in [6.45, 7) is 5.81. The molecule has 0 amide bonds. The second-order valence-corrected chi connectivity index (χ2v) is 5.56. The summed E-state index contributed by atoms with van der Waals surface area (Å²) in [5.74, 6) is 0.657. The van der Waals surface area contributed by atoms with Gasteiger partial charge in [-0.1, -0.05) is 18.5 Å². The number of hydrogen-bond acceptors (Lipinski definition) is 4. The Morgan fingerprint density at radius 1 is 1.45 bits per heavy atom. The van der Waals surface area contributed by atoms with Crippen molar-refractivity contribution in [1.29, 1.82) is 0 Å². The van der Waals surface area contributed by atoms with Crippen LogP contribution in [0.15, 0.2) is 18.2 Å². The molecule has 0 atom stereocenters. The quantitative estimate of drug-likeness (QED) is 0.670.